The van der Waals surface area contributed by atoms with Crippen molar-refractivity contribution in [3.05, 3.63) is 30.3 Å². The van der Waals surface area contributed by atoms with Crippen LogP contribution in [0.3, 0.4) is 0 Å². The highest BCUT2D eigenvalue weighted by Crippen LogP contribution is 2.69. The summed E-state index contributed by atoms with van der Waals surface area (Å²) in [5.74, 6) is 1.05. The predicted octanol–water partition coefficient (Wildman–Crippen LogP) is 8.38. The van der Waals surface area contributed by atoms with Crippen molar-refractivity contribution in [2.24, 2.45) is 46.3 Å². The molecule has 4 nitrogen and oxygen atoms in total. The zero-order chi connectivity index (χ0) is 31.8. The van der Waals surface area contributed by atoms with Crippen LogP contribution in [0.25, 0.3) is 0 Å². The third kappa shape index (κ3) is 5.74. The summed E-state index contributed by atoms with van der Waals surface area (Å²) in [6, 6.07) is 8.62. The molecule has 4 aliphatic carbocycles. The highest BCUT2D eigenvalue weighted by molar-refractivity contribution is 14.1. The average molecular weight is 739 g/mol. The highest BCUT2D eigenvalue weighted by atomic mass is 127. The van der Waals surface area contributed by atoms with E-state index in [1.807, 2.05) is 19.9 Å². The second-order valence-corrected chi connectivity index (χ2v) is 20.6. The van der Waals surface area contributed by atoms with Gasteiger partial charge < -0.3 is 10.2 Å². The molecule has 0 radical (unpaired) electrons. The Hall–Kier alpha value is -0.390. The zero-order valence-corrected chi connectivity index (χ0v) is 29.2. The summed E-state index contributed by atoms with van der Waals surface area (Å²) in [5, 5.41) is 21.0. The minimum absolute atomic E-state index is 0.0552. The van der Waals surface area contributed by atoms with Gasteiger partial charge >= 0.3 is 6.18 Å². The Bertz CT molecular complexity index is 1270. The topological polar surface area (TPSA) is 74.6 Å². The van der Waals surface area contributed by atoms with Crippen LogP contribution in [0.2, 0.25) is 0 Å². The third-order valence-electron chi connectivity index (χ3n) is 13.3. The molecule has 2 N–H and O–H groups in total. The van der Waals surface area contributed by atoms with E-state index in [0.29, 0.717) is 35.5 Å². The molecule has 0 spiro atoms. The van der Waals surface area contributed by atoms with Gasteiger partial charge in [-0.25, -0.2) is 8.42 Å². The first-order valence-electron chi connectivity index (χ1n) is 16.2. The van der Waals surface area contributed by atoms with E-state index in [-0.39, 0.29) is 47.8 Å². The van der Waals surface area contributed by atoms with Crippen molar-refractivity contribution in [1.29, 1.82) is 0 Å². The van der Waals surface area contributed by atoms with Crippen LogP contribution in [0.15, 0.2) is 35.2 Å². The quantitative estimate of drug-likeness (QED) is 0.218. The number of alkyl halides is 4. The lowest BCUT2D eigenvalue weighted by molar-refractivity contribution is -0.290. The summed E-state index contributed by atoms with van der Waals surface area (Å²) in [7, 11) is -3.71. The molecule has 244 valence electrons. The number of sulfone groups is 1. The first-order chi connectivity index (χ1) is 19.8. The number of aliphatic hydroxyl groups is 2. The molecular weight excluding hydrogens is 688 g/mol. The molecule has 0 heterocycles. The molecule has 9 heteroatoms. The van der Waals surface area contributed by atoms with E-state index < -0.39 is 36.4 Å². The average Bonchev–Trinajstić information content (AvgIpc) is 3.28. The van der Waals surface area contributed by atoms with E-state index >= 15 is 0 Å². The fourth-order valence-corrected chi connectivity index (χ4v) is 12.9. The Morgan fingerprint density at radius 2 is 1.58 bits per heavy atom. The van der Waals surface area contributed by atoms with Crippen LogP contribution in [0, 0.1) is 46.3 Å². The van der Waals surface area contributed by atoms with Crippen molar-refractivity contribution in [1.82, 2.24) is 0 Å². The zero-order valence-electron chi connectivity index (χ0n) is 26.2. The summed E-state index contributed by atoms with van der Waals surface area (Å²) in [6.45, 7) is 10.5. The van der Waals surface area contributed by atoms with E-state index in [9.17, 15) is 31.8 Å². The molecule has 1 aromatic carbocycles. The van der Waals surface area contributed by atoms with Gasteiger partial charge in [-0.15, -0.1) is 0 Å². The van der Waals surface area contributed by atoms with Crippen molar-refractivity contribution < 1.29 is 31.8 Å². The van der Waals surface area contributed by atoms with E-state index in [2.05, 4.69) is 43.4 Å². The fraction of sp³-hybridized carbons (Fsp3) is 0.824. The minimum atomic E-state index is -4.60. The molecular formula is C34H50F3IO4S. The molecule has 4 saturated carbocycles. The summed E-state index contributed by atoms with van der Waals surface area (Å²) >= 11 is 2.20. The molecule has 11 atom stereocenters. The van der Waals surface area contributed by atoms with Crippen LogP contribution in [-0.2, 0) is 9.84 Å². The van der Waals surface area contributed by atoms with Gasteiger partial charge in [0.2, 0.25) is 0 Å². The lowest BCUT2D eigenvalue weighted by Gasteiger charge is -2.62. The Kier molecular flexibility index (Phi) is 9.00. The Morgan fingerprint density at radius 3 is 2.19 bits per heavy atom. The molecule has 0 aliphatic heterocycles. The van der Waals surface area contributed by atoms with Crippen molar-refractivity contribution in [3.63, 3.8) is 0 Å². The number of hydrogen-bond donors (Lipinski definition) is 2. The predicted molar refractivity (Wildman–Crippen MR) is 172 cm³/mol. The van der Waals surface area contributed by atoms with Gasteiger partial charge in [-0.3, -0.25) is 0 Å². The fourth-order valence-electron chi connectivity index (χ4n) is 10.6. The number of halogens is 4. The largest absolute Gasteiger partial charge is 0.417 e. The van der Waals surface area contributed by atoms with Crippen molar-refractivity contribution >= 4 is 32.4 Å². The van der Waals surface area contributed by atoms with E-state index in [0.717, 1.165) is 32.1 Å². The number of fused-ring (bicyclic) bond motifs is 5. The first kappa shape index (κ1) is 34.0. The van der Waals surface area contributed by atoms with E-state index in [1.54, 1.807) is 24.3 Å². The van der Waals surface area contributed by atoms with E-state index in [1.165, 1.54) is 0 Å². The number of rotatable bonds is 7. The van der Waals surface area contributed by atoms with Crippen molar-refractivity contribution in [2.45, 2.75) is 130 Å². The molecule has 5 rings (SSSR count). The van der Waals surface area contributed by atoms with Gasteiger partial charge in [0.1, 0.15) is 0 Å². The van der Waals surface area contributed by atoms with Gasteiger partial charge in [0.05, 0.1) is 16.2 Å². The summed E-state index contributed by atoms with van der Waals surface area (Å²) in [5.41, 5.74) is -2.83. The molecule has 1 unspecified atom stereocenters. The SMILES string of the molecule is C[C@H](C(C[C@H](O)C(C)(C)I)S(=O)(=O)c1ccccc1)[C@H]1CC[C@H]2[C@@H]3CC[C@H]4C[C@](O)(C(F)(F)F)CC[C@]4(C)[C@H]3CC[C@]12C. The Morgan fingerprint density at radius 1 is 0.953 bits per heavy atom. The van der Waals surface area contributed by atoms with Crippen LogP contribution >= 0.6 is 22.6 Å². The van der Waals surface area contributed by atoms with Gasteiger partial charge in [-0.2, -0.15) is 13.2 Å². The van der Waals surface area contributed by atoms with Crippen LogP contribution in [-0.4, -0.2) is 45.2 Å². The minimum Gasteiger partial charge on any atom is -0.392 e. The monoisotopic (exact) mass is 738 g/mol. The molecule has 0 aromatic heterocycles. The lowest BCUT2D eigenvalue weighted by atomic mass is 9.43. The van der Waals surface area contributed by atoms with Crippen molar-refractivity contribution in [3.8, 4) is 0 Å². The van der Waals surface area contributed by atoms with Crippen LogP contribution in [0.1, 0.15) is 98.8 Å². The normalized spacial score (nSPS) is 40.6. The first-order valence-corrected chi connectivity index (χ1v) is 18.8. The second kappa shape index (κ2) is 11.4. The molecule has 43 heavy (non-hydrogen) atoms. The second-order valence-electron chi connectivity index (χ2n) is 15.7. The molecule has 4 aliphatic rings. The van der Waals surface area contributed by atoms with E-state index in [4.69, 9.17) is 0 Å². The van der Waals surface area contributed by atoms with Gasteiger partial charge in [-0.1, -0.05) is 61.6 Å². The Balaban J connectivity index is 1.41. The van der Waals surface area contributed by atoms with Gasteiger partial charge in [0.25, 0.3) is 0 Å². The smallest absolute Gasteiger partial charge is 0.392 e. The molecule has 1 aromatic rings. The van der Waals surface area contributed by atoms with Crippen molar-refractivity contribution in [2.75, 3.05) is 0 Å². The Labute approximate surface area is 270 Å². The third-order valence-corrected chi connectivity index (χ3v) is 16.3. The molecule has 4 fully saturated rings. The molecule has 0 amide bonds. The summed E-state index contributed by atoms with van der Waals surface area (Å²) in [4.78, 5) is 0.302. The lowest BCUT2D eigenvalue weighted by Crippen LogP contribution is -2.59. The molecule has 0 bridgehead atoms. The van der Waals surface area contributed by atoms with Crippen LogP contribution in [0.5, 0.6) is 0 Å². The standard InChI is InChI=1S/C34H50F3IO4S/c1-21(28(19-29(39)30(2,3)38)43(41,42)23-9-7-6-8-10-23)25-13-14-26-24-12-11-22-20-33(40,34(35,36)37)18-17-31(22,4)27(24)15-16-32(25,26)5/h6-10,21-22,24-29,39-40H,11-20H2,1-5H3/t21-,22-,24-,25+,26-,27-,28?,29-,31-,32+,33-/m0/s1. The summed E-state index contributed by atoms with van der Waals surface area (Å²) in [6.07, 6.45) is 0.226. The van der Waals surface area contributed by atoms with Gasteiger partial charge in [0, 0.05) is 3.42 Å². The number of aliphatic hydroxyl groups excluding tert-OH is 1. The maximum absolute atomic E-state index is 14.2. The van der Waals surface area contributed by atoms with Crippen LogP contribution in [0.4, 0.5) is 13.2 Å². The maximum atomic E-state index is 14.2. The summed E-state index contributed by atoms with van der Waals surface area (Å²) < 4.78 is 69.3. The number of benzene rings is 1. The molecule has 0 saturated heterocycles. The van der Waals surface area contributed by atoms with Gasteiger partial charge in [-0.05, 0) is 137 Å². The highest BCUT2D eigenvalue weighted by Gasteiger charge is 2.65. The van der Waals surface area contributed by atoms with Crippen LogP contribution < -0.4 is 0 Å². The maximum Gasteiger partial charge on any atom is 0.417 e. The van der Waals surface area contributed by atoms with Gasteiger partial charge in [0.15, 0.2) is 15.4 Å². The number of hydrogen-bond acceptors (Lipinski definition) is 4.